The second-order valence-corrected chi connectivity index (χ2v) is 9.55. The standard InChI is InChI=1S/C21H16ClFN2O3S2/c1-29-15-7-4-6-14(12-15)25-21(26)24(13-16-17(22)8-5-9-18(16)23)19-10-2-3-11-20(19)30(25,27)28/h2-12H,13H2,1H3. The lowest BCUT2D eigenvalue weighted by atomic mass is 10.2. The lowest BCUT2D eigenvalue weighted by molar-refractivity contribution is 0.253. The number of benzene rings is 3. The van der Waals surface area contributed by atoms with Crippen LogP contribution in [0.1, 0.15) is 5.56 Å². The van der Waals surface area contributed by atoms with Crippen molar-refractivity contribution in [3.05, 3.63) is 83.1 Å². The number of hydrogen-bond acceptors (Lipinski definition) is 4. The minimum absolute atomic E-state index is 0.0355. The molecular formula is C21H16ClFN2O3S2. The van der Waals surface area contributed by atoms with Gasteiger partial charge in [-0.1, -0.05) is 35.9 Å². The quantitative estimate of drug-likeness (QED) is 0.478. The molecule has 0 saturated heterocycles. The van der Waals surface area contributed by atoms with E-state index in [2.05, 4.69) is 0 Å². The van der Waals surface area contributed by atoms with Gasteiger partial charge in [-0.15, -0.1) is 11.8 Å². The number of para-hydroxylation sites is 1. The molecule has 0 spiro atoms. The zero-order valence-corrected chi connectivity index (χ0v) is 18.1. The van der Waals surface area contributed by atoms with Crippen LogP contribution >= 0.6 is 23.4 Å². The molecule has 3 aromatic carbocycles. The van der Waals surface area contributed by atoms with Gasteiger partial charge in [0.25, 0.3) is 10.0 Å². The normalized spacial score (nSPS) is 15.2. The summed E-state index contributed by atoms with van der Waals surface area (Å²) in [7, 11) is -4.15. The van der Waals surface area contributed by atoms with E-state index >= 15 is 0 Å². The average molecular weight is 463 g/mol. The Hall–Kier alpha value is -2.55. The minimum Gasteiger partial charge on any atom is -0.287 e. The molecule has 0 atom stereocenters. The predicted octanol–water partition coefficient (Wildman–Crippen LogP) is 5.54. The third-order valence-corrected chi connectivity index (χ3v) is 7.57. The van der Waals surface area contributed by atoms with Crippen LogP contribution in [0.3, 0.4) is 0 Å². The fourth-order valence-electron chi connectivity index (χ4n) is 3.29. The first-order valence-corrected chi connectivity index (χ1v) is 11.9. The molecule has 1 aliphatic rings. The highest BCUT2D eigenvalue weighted by Gasteiger charge is 2.42. The van der Waals surface area contributed by atoms with Gasteiger partial charge in [-0.2, -0.15) is 4.31 Å². The van der Waals surface area contributed by atoms with E-state index in [9.17, 15) is 17.6 Å². The molecule has 0 N–H and O–H groups in total. The summed E-state index contributed by atoms with van der Waals surface area (Å²) < 4.78 is 41.8. The van der Waals surface area contributed by atoms with Crippen molar-refractivity contribution in [3.63, 3.8) is 0 Å². The first kappa shape index (κ1) is 20.7. The number of sulfonamides is 1. The molecule has 2 amide bonds. The Balaban J connectivity index is 1.90. The Morgan fingerprint density at radius 2 is 1.77 bits per heavy atom. The van der Waals surface area contributed by atoms with Crippen LogP contribution in [0.25, 0.3) is 0 Å². The summed E-state index contributed by atoms with van der Waals surface area (Å²) in [5, 5.41) is 0.157. The topological polar surface area (TPSA) is 57.7 Å². The van der Waals surface area contributed by atoms with E-state index in [4.69, 9.17) is 11.6 Å². The fourth-order valence-corrected chi connectivity index (χ4v) is 5.55. The van der Waals surface area contributed by atoms with Gasteiger partial charge >= 0.3 is 6.03 Å². The van der Waals surface area contributed by atoms with Crippen molar-refractivity contribution in [1.82, 2.24) is 0 Å². The molecule has 154 valence electrons. The number of fused-ring (bicyclic) bond motifs is 1. The van der Waals surface area contributed by atoms with Crippen LogP contribution in [0.2, 0.25) is 5.02 Å². The molecule has 0 bridgehead atoms. The van der Waals surface area contributed by atoms with Gasteiger partial charge in [0.1, 0.15) is 10.7 Å². The van der Waals surface area contributed by atoms with E-state index in [1.165, 1.54) is 47.0 Å². The molecule has 5 nitrogen and oxygen atoms in total. The smallest absolute Gasteiger partial charge is 0.287 e. The largest absolute Gasteiger partial charge is 0.343 e. The lowest BCUT2D eigenvalue weighted by Crippen LogP contribution is -2.50. The zero-order valence-electron chi connectivity index (χ0n) is 15.7. The average Bonchev–Trinajstić information content (AvgIpc) is 2.73. The van der Waals surface area contributed by atoms with Crippen molar-refractivity contribution in [2.45, 2.75) is 16.3 Å². The van der Waals surface area contributed by atoms with Gasteiger partial charge in [0.05, 0.1) is 17.9 Å². The summed E-state index contributed by atoms with van der Waals surface area (Å²) in [6.07, 6.45) is 1.85. The third kappa shape index (κ3) is 3.45. The number of carbonyl (C=O) groups excluding carboxylic acids is 1. The Bertz CT molecular complexity index is 1230. The van der Waals surface area contributed by atoms with Gasteiger partial charge in [-0.05, 0) is 48.7 Å². The summed E-state index contributed by atoms with van der Waals surface area (Å²) in [6.45, 7) is -0.213. The Morgan fingerprint density at radius 3 is 2.50 bits per heavy atom. The van der Waals surface area contributed by atoms with E-state index in [0.717, 1.165) is 9.20 Å². The van der Waals surface area contributed by atoms with Crippen LogP contribution in [0, 0.1) is 5.82 Å². The van der Waals surface area contributed by atoms with Crippen molar-refractivity contribution in [3.8, 4) is 0 Å². The molecule has 0 aliphatic carbocycles. The second kappa shape index (κ2) is 7.94. The first-order chi connectivity index (χ1) is 14.3. The van der Waals surface area contributed by atoms with Crippen molar-refractivity contribution in [1.29, 1.82) is 0 Å². The van der Waals surface area contributed by atoms with Crippen molar-refractivity contribution >= 4 is 50.8 Å². The third-order valence-electron chi connectivity index (χ3n) is 4.74. The number of amides is 2. The molecule has 0 aromatic heterocycles. The number of rotatable bonds is 4. The number of halogens is 2. The van der Waals surface area contributed by atoms with Crippen LogP contribution < -0.4 is 9.21 Å². The van der Waals surface area contributed by atoms with Gasteiger partial charge in [0, 0.05) is 15.5 Å². The maximum Gasteiger partial charge on any atom is 0.343 e. The van der Waals surface area contributed by atoms with Crippen molar-refractivity contribution in [2.24, 2.45) is 0 Å². The van der Waals surface area contributed by atoms with E-state index in [1.807, 2.05) is 12.3 Å². The monoisotopic (exact) mass is 462 g/mol. The highest BCUT2D eigenvalue weighted by Crippen LogP contribution is 2.39. The molecule has 0 unspecified atom stereocenters. The van der Waals surface area contributed by atoms with Crippen LogP contribution in [0.15, 0.2) is 76.5 Å². The van der Waals surface area contributed by atoms with E-state index in [1.54, 1.807) is 30.3 Å². The van der Waals surface area contributed by atoms with Gasteiger partial charge in [-0.25, -0.2) is 17.6 Å². The van der Waals surface area contributed by atoms with E-state index < -0.39 is 21.9 Å². The molecule has 0 radical (unpaired) electrons. The van der Waals surface area contributed by atoms with Crippen molar-refractivity contribution in [2.75, 3.05) is 15.5 Å². The van der Waals surface area contributed by atoms with Gasteiger partial charge < -0.3 is 0 Å². The predicted molar refractivity (Wildman–Crippen MR) is 117 cm³/mol. The van der Waals surface area contributed by atoms with Gasteiger partial charge in [0.2, 0.25) is 0 Å². The van der Waals surface area contributed by atoms with Crippen LogP contribution in [-0.4, -0.2) is 20.7 Å². The number of carbonyl (C=O) groups is 1. The number of nitrogens with zero attached hydrogens (tertiary/aromatic N) is 2. The molecule has 0 saturated carbocycles. The van der Waals surface area contributed by atoms with Crippen molar-refractivity contribution < 1.29 is 17.6 Å². The SMILES string of the molecule is CSc1cccc(N2C(=O)N(Cc3c(F)cccc3Cl)c3ccccc3S2(=O)=O)c1. The molecule has 0 fully saturated rings. The molecule has 1 aliphatic heterocycles. The molecule has 9 heteroatoms. The van der Waals surface area contributed by atoms with Gasteiger partial charge in [0.15, 0.2) is 0 Å². The summed E-state index contributed by atoms with van der Waals surface area (Å²) in [6, 6.07) is 16.3. The minimum atomic E-state index is -4.15. The van der Waals surface area contributed by atoms with Crippen LogP contribution in [0.5, 0.6) is 0 Å². The molecule has 4 rings (SSSR count). The lowest BCUT2D eigenvalue weighted by Gasteiger charge is -2.36. The zero-order chi connectivity index (χ0) is 21.5. The van der Waals surface area contributed by atoms with Crippen LogP contribution in [-0.2, 0) is 16.6 Å². The summed E-state index contributed by atoms with van der Waals surface area (Å²) in [5.74, 6) is -0.572. The number of hydrogen-bond donors (Lipinski definition) is 0. The van der Waals surface area contributed by atoms with Crippen LogP contribution in [0.4, 0.5) is 20.6 Å². The Labute approximate surface area is 183 Å². The number of thioether (sulfide) groups is 1. The number of anilines is 2. The molecule has 3 aromatic rings. The highest BCUT2D eigenvalue weighted by atomic mass is 35.5. The summed E-state index contributed by atoms with van der Waals surface area (Å²) in [5.41, 5.74) is 0.504. The molecular weight excluding hydrogens is 447 g/mol. The number of urea groups is 1. The highest BCUT2D eigenvalue weighted by molar-refractivity contribution is 7.98. The summed E-state index contributed by atoms with van der Waals surface area (Å²) in [4.78, 5) is 15.4. The Morgan fingerprint density at radius 1 is 1.03 bits per heavy atom. The first-order valence-electron chi connectivity index (χ1n) is 8.87. The molecule has 1 heterocycles. The summed E-state index contributed by atoms with van der Waals surface area (Å²) >= 11 is 7.59. The fraction of sp³-hybridized carbons (Fsp3) is 0.0952. The second-order valence-electron chi connectivity index (χ2n) is 6.51. The Kier molecular flexibility index (Phi) is 5.48. The maximum atomic E-state index is 14.4. The van der Waals surface area contributed by atoms with E-state index in [0.29, 0.717) is 0 Å². The van der Waals surface area contributed by atoms with E-state index in [-0.39, 0.29) is 33.4 Å². The van der Waals surface area contributed by atoms with Gasteiger partial charge in [-0.3, -0.25) is 4.90 Å². The molecule has 30 heavy (non-hydrogen) atoms. The maximum absolute atomic E-state index is 14.4.